The number of aromatic nitrogens is 5. The van der Waals surface area contributed by atoms with E-state index in [1.54, 1.807) is 34.4 Å². The Labute approximate surface area is 200 Å². The van der Waals surface area contributed by atoms with Crippen molar-refractivity contribution < 1.29 is 23.1 Å². The third kappa shape index (κ3) is 5.02. The highest BCUT2D eigenvalue weighted by atomic mass is 32.1. The van der Waals surface area contributed by atoms with Crippen LogP contribution < -0.4 is 10.2 Å². The zero-order valence-corrected chi connectivity index (χ0v) is 18.9. The van der Waals surface area contributed by atoms with Gasteiger partial charge in [-0.25, -0.2) is 24.3 Å². The number of hydrogen-bond donors (Lipinski definition) is 2. The number of carboxylic acids is 1. The molecule has 14 heteroatoms. The molecule has 1 aliphatic heterocycles. The van der Waals surface area contributed by atoms with Gasteiger partial charge in [0, 0.05) is 37.1 Å². The van der Waals surface area contributed by atoms with Crippen LogP contribution in [-0.2, 0) is 0 Å². The van der Waals surface area contributed by atoms with E-state index >= 15 is 0 Å². The van der Waals surface area contributed by atoms with Crippen molar-refractivity contribution in [3.05, 3.63) is 47.2 Å². The van der Waals surface area contributed by atoms with Gasteiger partial charge in [0.25, 0.3) is 0 Å². The van der Waals surface area contributed by atoms with Gasteiger partial charge in [-0.05, 0) is 18.2 Å². The van der Waals surface area contributed by atoms with Crippen molar-refractivity contribution in [3.63, 3.8) is 0 Å². The lowest BCUT2D eigenvalue weighted by Crippen LogP contribution is -2.49. The van der Waals surface area contributed by atoms with Crippen LogP contribution in [0.1, 0.15) is 9.67 Å². The lowest BCUT2D eigenvalue weighted by atomic mass is 10.2. The number of thiophene rings is 1. The first-order valence-corrected chi connectivity index (χ1v) is 11.4. The molecule has 182 valence electrons. The smallest absolute Gasteiger partial charge is 0.401 e. The van der Waals surface area contributed by atoms with Crippen molar-refractivity contribution in [2.45, 2.75) is 6.18 Å². The second kappa shape index (κ2) is 9.11. The number of alkyl halides is 3. The van der Waals surface area contributed by atoms with E-state index in [4.69, 9.17) is 0 Å². The van der Waals surface area contributed by atoms with Gasteiger partial charge in [-0.15, -0.1) is 11.3 Å². The predicted molar refractivity (Wildman–Crippen MR) is 123 cm³/mol. The number of nitrogens with zero attached hydrogens (tertiary/aromatic N) is 7. The van der Waals surface area contributed by atoms with E-state index in [1.807, 2.05) is 11.0 Å². The van der Waals surface area contributed by atoms with Gasteiger partial charge in [0.1, 0.15) is 17.0 Å². The normalized spacial score (nSPS) is 15.0. The SMILES string of the molecule is O=C(O)c1cc(-c2cnc(Nc3ccc(N4CCN(CC(F)(F)F)CC4)nc3)c3ncnn23)cs1. The number of carboxylic acid groups (broad SMARTS) is 1. The highest BCUT2D eigenvalue weighted by Gasteiger charge is 2.32. The average molecular weight is 504 g/mol. The minimum Gasteiger partial charge on any atom is -0.477 e. The quantitative estimate of drug-likeness (QED) is 0.408. The zero-order valence-electron chi connectivity index (χ0n) is 18.1. The number of halogens is 3. The maximum atomic E-state index is 12.6. The summed E-state index contributed by atoms with van der Waals surface area (Å²) < 4.78 is 39.3. The second-order valence-corrected chi connectivity index (χ2v) is 8.81. The molecule has 1 saturated heterocycles. The van der Waals surface area contributed by atoms with Crippen molar-refractivity contribution in [1.82, 2.24) is 29.5 Å². The summed E-state index contributed by atoms with van der Waals surface area (Å²) in [7, 11) is 0. The molecule has 4 aromatic rings. The van der Waals surface area contributed by atoms with Crippen LogP contribution in [0.2, 0.25) is 0 Å². The standard InChI is InChI=1S/C21H19F3N8O2S/c22-21(23,24)11-30-3-5-31(6-4-30)17-2-1-14(8-25-17)29-18-19-27-12-28-32(19)15(9-26-18)13-7-16(20(33)34)35-10-13/h1-2,7-10,12H,3-6,11H2,(H,26,29)(H,33,34). The van der Waals surface area contributed by atoms with Crippen molar-refractivity contribution in [2.24, 2.45) is 0 Å². The van der Waals surface area contributed by atoms with Crippen molar-refractivity contribution in [2.75, 3.05) is 42.9 Å². The number of nitrogens with one attached hydrogen (secondary N) is 1. The molecular formula is C21H19F3N8O2S. The van der Waals surface area contributed by atoms with Crippen LogP contribution >= 0.6 is 11.3 Å². The van der Waals surface area contributed by atoms with Gasteiger partial charge >= 0.3 is 12.1 Å². The number of aromatic carboxylic acids is 1. The molecule has 1 aliphatic rings. The number of carbonyl (C=O) groups is 1. The third-order valence-corrected chi connectivity index (χ3v) is 6.44. The molecule has 35 heavy (non-hydrogen) atoms. The summed E-state index contributed by atoms with van der Waals surface area (Å²) in [5.41, 5.74) is 2.38. The molecule has 0 spiro atoms. The molecule has 0 radical (unpaired) electrons. The maximum Gasteiger partial charge on any atom is 0.401 e. The Bertz CT molecular complexity index is 1350. The number of hydrogen-bond acceptors (Lipinski definition) is 9. The Hall–Kier alpha value is -3.78. The van der Waals surface area contributed by atoms with Crippen LogP contribution in [-0.4, -0.2) is 79.4 Å². The number of fused-ring (bicyclic) bond motifs is 1. The number of piperazine rings is 1. The molecule has 10 nitrogen and oxygen atoms in total. The first-order chi connectivity index (χ1) is 16.8. The largest absolute Gasteiger partial charge is 0.477 e. The topological polar surface area (TPSA) is 112 Å². The Balaban J connectivity index is 1.29. The van der Waals surface area contributed by atoms with Crippen molar-refractivity contribution in [3.8, 4) is 11.3 Å². The van der Waals surface area contributed by atoms with Crippen LogP contribution in [0.4, 0.5) is 30.5 Å². The molecular weight excluding hydrogens is 485 g/mol. The fourth-order valence-electron chi connectivity index (χ4n) is 3.86. The molecule has 1 fully saturated rings. The summed E-state index contributed by atoms with van der Waals surface area (Å²) in [5, 5.41) is 18.3. The Morgan fingerprint density at radius 1 is 1.11 bits per heavy atom. The van der Waals surface area contributed by atoms with Gasteiger partial charge in [0.05, 0.1) is 30.3 Å². The summed E-state index contributed by atoms with van der Waals surface area (Å²) in [4.78, 5) is 27.9. The maximum absolute atomic E-state index is 12.6. The fourth-order valence-corrected chi connectivity index (χ4v) is 4.60. The molecule has 5 heterocycles. The van der Waals surface area contributed by atoms with E-state index in [0.717, 1.165) is 11.3 Å². The summed E-state index contributed by atoms with van der Waals surface area (Å²) >= 11 is 1.12. The molecule has 0 aromatic carbocycles. The van der Waals surface area contributed by atoms with E-state index in [0.29, 0.717) is 60.4 Å². The minimum atomic E-state index is -4.19. The summed E-state index contributed by atoms with van der Waals surface area (Å²) in [6.45, 7) is 0.671. The molecule has 4 aromatic heterocycles. The van der Waals surface area contributed by atoms with E-state index in [2.05, 4.69) is 25.4 Å². The van der Waals surface area contributed by atoms with Crippen LogP contribution in [0.15, 0.2) is 42.3 Å². The highest BCUT2D eigenvalue weighted by Crippen LogP contribution is 2.28. The Morgan fingerprint density at radius 3 is 2.57 bits per heavy atom. The Kier molecular flexibility index (Phi) is 5.98. The first-order valence-electron chi connectivity index (χ1n) is 10.5. The minimum absolute atomic E-state index is 0.211. The molecule has 0 atom stereocenters. The van der Waals surface area contributed by atoms with Gasteiger partial charge < -0.3 is 15.3 Å². The van der Waals surface area contributed by atoms with E-state index < -0.39 is 18.7 Å². The summed E-state index contributed by atoms with van der Waals surface area (Å²) in [6.07, 6.45) is 0.397. The monoisotopic (exact) mass is 504 g/mol. The third-order valence-electron chi connectivity index (χ3n) is 5.52. The zero-order chi connectivity index (χ0) is 24.6. The van der Waals surface area contributed by atoms with Crippen LogP contribution in [0, 0.1) is 0 Å². The van der Waals surface area contributed by atoms with Gasteiger partial charge in [0.2, 0.25) is 0 Å². The van der Waals surface area contributed by atoms with Crippen molar-refractivity contribution >= 4 is 40.3 Å². The first kappa shape index (κ1) is 23.0. The fraction of sp³-hybridized carbons (Fsp3) is 0.286. The molecule has 0 amide bonds. The molecule has 0 unspecified atom stereocenters. The molecule has 2 N–H and O–H groups in total. The summed E-state index contributed by atoms with van der Waals surface area (Å²) in [6, 6.07) is 5.17. The summed E-state index contributed by atoms with van der Waals surface area (Å²) in [5.74, 6) is 0.126. The van der Waals surface area contributed by atoms with Gasteiger partial charge in [-0.2, -0.15) is 18.3 Å². The highest BCUT2D eigenvalue weighted by molar-refractivity contribution is 7.12. The molecule has 5 rings (SSSR count). The van der Waals surface area contributed by atoms with Crippen LogP contribution in [0.25, 0.3) is 16.9 Å². The molecule has 0 bridgehead atoms. The molecule has 0 aliphatic carbocycles. The average Bonchev–Trinajstić information content (AvgIpc) is 3.50. The second-order valence-electron chi connectivity index (χ2n) is 7.90. The van der Waals surface area contributed by atoms with Crippen molar-refractivity contribution in [1.29, 1.82) is 0 Å². The molecule has 0 saturated carbocycles. The number of anilines is 3. The van der Waals surface area contributed by atoms with Gasteiger partial charge in [-0.1, -0.05) is 0 Å². The van der Waals surface area contributed by atoms with E-state index in [1.165, 1.54) is 11.2 Å². The van der Waals surface area contributed by atoms with Gasteiger partial charge in [0.15, 0.2) is 11.5 Å². The van der Waals surface area contributed by atoms with Crippen LogP contribution in [0.3, 0.4) is 0 Å². The van der Waals surface area contributed by atoms with E-state index in [-0.39, 0.29) is 4.88 Å². The number of rotatable bonds is 6. The lowest BCUT2D eigenvalue weighted by molar-refractivity contribution is -0.146. The van der Waals surface area contributed by atoms with E-state index in [9.17, 15) is 23.1 Å². The number of pyridine rings is 1. The Morgan fingerprint density at radius 2 is 1.91 bits per heavy atom. The lowest BCUT2D eigenvalue weighted by Gasteiger charge is -2.35. The van der Waals surface area contributed by atoms with Crippen LogP contribution in [0.5, 0.6) is 0 Å². The predicted octanol–water partition coefficient (Wildman–Crippen LogP) is 3.37. The van der Waals surface area contributed by atoms with Gasteiger partial charge in [-0.3, -0.25) is 4.90 Å².